The molecule has 284 valence electrons. The summed E-state index contributed by atoms with van der Waals surface area (Å²) in [6.45, 7) is 4.06. The molecule has 0 aromatic heterocycles. The standard InChI is InChI=1S/C35H48O16/c1-4-18(3)35(45,34(44)47-17-20-8-12-22(13-9-20)49-33-31(43)29(41)27(39)24(15-36)51-33)14-25(37)46-16-19-6-10-21(11-7-19)48-32-30(42)28(40)26(38)23(5-2)50-32/h6-13,18,23-24,26-33,36,38-43,45H,4-5,14-17H2,1-3H3. The number of esters is 2. The number of rotatable bonds is 15. The molecule has 0 aliphatic carbocycles. The maximum atomic E-state index is 13.1. The molecule has 16 heteroatoms. The zero-order valence-corrected chi connectivity index (χ0v) is 28.6. The van der Waals surface area contributed by atoms with Crippen molar-refractivity contribution in [3.8, 4) is 11.5 Å². The number of aliphatic hydroxyl groups excluding tert-OH is 7. The molecule has 0 radical (unpaired) electrons. The van der Waals surface area contributed by atoms with Crippen LogP contribution in [0.15, 0.2) is 48.5 Å². The first kappa shape index (κ1) is 40.4. The molecule has 0 amide bonds. The first-order chi connectivity index (χ1) is 24.2. The van der Waals surface area contributed by atoms with Crippen LogP contribution in [0.4, 0.5) is 0 Å². The molecule has 51 heavy (non-hydrogen) atoms. The van der Waals surface area contributed by atoms with Crippen LogP contribution in [0.2, 0.25) is 0 Å². The summed E-state index contributed by atoms with van der Waals surface area (Å²) in [5.74, 6) is -2.04. The van der Waals surface area contributed by atoms with Gasteiger partial charge < -0.3 is 69.3 Å². The molecule has 4 rings (SSSR count). The van der Waals surface area contributed by atoms with Gasteiger partial charge in [0, 0.05) is 0 Å². The maximum Gasteiger partial charge on any atom is 0.339 e. The topological polar surface area (TPSA) is 251 Å². The van der Waals surface area contributed by atoms with Crippen LogP contribution in [0.5, 0.6) is 11.5 Å². The van der Waals surface area contributed by atoms with Crippen LogP contribution in [0.25, 0.3) is 0 Å². The third kappa shape index (κ3) is 9.72. The third-order valence-corrected chi connectivity index (χ3v) is 9.24. The van der Waals surface area contributed by atoms with Gasteiger partial charge in [0.15, 0.2) is 5.60 Å². The van der Waals surface area contributed by atoms with Gasteiger partial charge in [0.1, 0.15) is 67.4 Å². The Kier molecular flexibility index (Phi) is 14.1. The van der Waals surface area contributed by atoms with Crippen molar-refractivity contribution in [3.63, 3.8) is 0 Å². The summed E-state index contributed by atoms with van der Waals surface area (Å²) in [6, 6.07) is 12.3. The number of ether oxygens (including phenoxy) is 6. The van der Waals surface area contributed by atoms with E-state index >= 15 is 0 Å². The summed E-state index contributed by atoms with van der Waals surface area (Å²) in [4.78, 5) is 26.0. The average molecular weight is 725 g/mol. The lowest BCUT2D eigenvalue weighted by Gasteiger charge is -2.40. The predicted molar refractivity (Wildman–Crippen MR) is 173 cm³/mol. The van der Waals surface area contributed by atoms with Crippen LogP contribution in [-0.4, -0.2) is 126 Å². The van der Waals surface area contributed by atoms with Gasteiger partial charge in [0.05, 0.1) is 19.1 Å². The second-order valence-electron chi connectivity index (χ2n) is 12.8. The molecule has 12 unspecified atom stereocenters. The minimum Gasteiger partial charge on any atom is -0.462 e. The molecule has 8 N–H and O–H groups in total. The maximum absolute atomic E-state index is 13.1. The van der Waals surface area contributed by atoms with Gasteiger partial charge in [0.25, 0.3) is 0 Å². The van der Waals surface area contributed by atoms with Crippen LogP contribution in [0.1, 0.15) is 51.2 Å². The number of hydrogen-bond acceptors (Lipinski definition) is 16. The first-order valence-corrected chi connectivity index (χ1v) is 16.8. The Bertz CT molecular complexity index is 1400. The fourth-order valence-electron chi connectivity index (χ4n) is 5.61. The number of benzene rings is 2. The summed E-state index contributed by atoms with van der Waals surface area (Å²) >= 11 is 0. The Hall–Kier alpha value is -3.42. The first-order valence-electron chi connectivity index (χ1n) is 16.8. The highest BCUT2D eigenvalue weighted by molar-refractivity contribution is 5.86. The van der Waals surface area contributed by atoms with Gasteiger partial charge in [-0.2, -0.15) is 0 Å². The van der Waals surface area contributed by atoms with Gasteiger partial charge in [-0.3, -0.25) is 4.79 Å². The summed E-state index contributed by atoms with van der Waals surface area (Å²) in [6.07, 6.45) is -13.3. The molecule has 12 atom stereocenters. The van der Waals surface area contributed by atoms with Gasteiger partial charge in [-0.05, 0) is 47.7 Å². The van der Waals surface area contributed by atoms with Crippen molar-refractivity contribution in [2.75, 3.05) is 6.61 Å². The monoisotopic (exact) mass is 724 g/mol. The highest BCUT2D eigenvalue weighted by atomic mass is 16.7. The minimum atomic E-state index is -2.19. The van der Waals surface area contributed by atoms with Gasteiger partial charge in [0.2, 0.25) is 12.6 Å². The van der Waals surface area contributed by atoms with Crippen molar-refractivity contribution in [2.24, 2.45) is 5.92 Å². The molecule has 2 aliphatic rings. The molecule has 0 bridgehead atoms. The number of aliphatic hydroxyl groups is 8. The van der Waals surface area contributed by atoms with E-state index in [0.29, 0.717) is 24.0 Å². The lowest BCUT2D eigenvalue weighted by atomic mass is 9.84. The van der Waals surface area contributed by atoms with Gasteiger partial charge in [-0.25, -0.2) is 4.79 Å². The zero-order valence-electron chi connectivity index (χ0n) is 28.6. The number of hydrogen-bond donors (Lipinski definition) is 8. The minimum absolute atomic E-state index is 0.187. The largest absolute Gasteiger partial charge is 0.462 e. The summed E-state index contributed by atoms with van der Waals surface area (Å²) in [5.41, 5.74) is -1.14. The summed E-state index contributed by atoms with van der Waals surface area (Å²) in [5, 5.41) is 81.2. The Morgan fingerprint density at radius 1 is 0.706 bits per heavy atom. The van der Waals surface area contributed by atoms with E-state index in [1.165, 1.54) is 12.1 Å². The molecule has 2 aliphatic heterocycles. The Morgan fingerprint density at radius 3 is 1.61 bits per heavy atom. The molecule has 2 heterocycles. The SMILES string of the molecule is CCC1OC(Oc2ccc(COC(=O)CC(O)(C(=O)OCc3ccc(OC4OC(CO)C(O)C(O)C4O)cc3)C(C)CC)cc2)C(O)C(O)C1O. The van der Waals surface area contributed by atoms with Crippen LogP contribution >= 0.6 is 0 Å². The molecule has 16 nitrogen and oxygen atoms in total. The van der Waals surface area contributed by atoms with E-state index in [4.69, 9.17) is 28.4 Å². The highest BCUT2D eigenvalue weighted by Crippen LogP contribution is 2.29. The van der Waals surface area contributed by atoms with E-state index in [-0.39, 0.29) is 24.7 Å². The second-order valence-corrected chi connectivity index (χ2v) is 12.8. The Morgan fingerprint density at radius 2 is 1.16 bits per heavy atom. The molecular formula is C35H48O16. The average Bonchev–Trinajstić information content (AvgIpc) is 3.13. The lowest BCUT2D eigenvalue weighted by Crippen LogP contribution is -2.60. The third-order valence-electron chi connectivity index (χ3n) is 9.24. The van der Waals surface area contributed by atoms with Crippen LogP contribution in [0, 0.1) is 5.92 Å². The molecule has 2 saturated heterocycles. The van der Waals surface area contributed by atoms with E-state index in [9.17, 15) is 50.4 Å². The van der Waals surface area contributed by atoms with E-state index in [0.717, 1.165) is 0 Å². The quantitative estimate of drug-likeness (QED) is 0.107. The van der Waals surface area contributed by atoms with Crippen molar-refractivity contribution in [3.05, 3.63) is 59.7 Å². The molecule has 2 fully saturated rings. The summed E-state index contributed by atoms with van der Waals surface area (Å²) < 4.78 is 32.9. The second kappa shape index (κ2) is 17.9. The number of carbonyl (C=O) groups excluding carboxylic acids is 2. The Labute approximate surface area is 294 Å². The zero-order chi connectivity index (χ0) is 37.5. The molecular weight excluding hydrogens is 676 g/mol. The molecule has 2 aromatic rings. The lowest BCUT2D eigenvalue weighted by molar-refractivity contribution is -0.277. The van der Waals surface area contributed by atoms with Crippen LogP contribution < -0.4 is 9.47 Å². The van der Waals surface area contributed by atoms with E-state index in [1.807, 2.05) is 0 Å². The van der Waals surface area contributed by atoms with Crippen molar-refractivity contribution >= 4 is 11.9 Å². The smallest absolute Gasteiger partial charge is 0.339 e. The van der Waals surface area contributed by atoms with Crippen molar-refractivity contribution in [1.82, 2.24) is 0 Å². The fraction of sp³-hybridized carbons (Fsp3) is 0.600. The molecule has 2 aromatic carbocycles. The van der Waals surface area contributed by atoms with E-state index in [2.05, 4.69) is 0 Å². The van der Waals surface area contributed by atoms with Gasteiger partial charge >= 0.3 is 11.9 Å². The van der Waals surface area contributed by atoms with E-state index in [1.54, 1.807) is 57.2 Å². The van der Waals surface area contributed by atoms with Crippen molar-refractivity contribution < 1.29 is 78.9 Å². The number of carbonyl (C=O) groups is 2. The van der Waals surface area contributed by atoms with Gasteiger partial charge in [-0.1, -0.05) is 51.5 Å². The Balaban J connectivity index is 1.28. The normalized spacial score (nSPS) is 31.2. The van der Waals surface area contributed by atoms with Crippen molar-refractivity contribution in [1.29, 1.82) is 0 Å². The van der Waals surface area contributed by atoms with E-state index < -0.39 is 97.9 Å². The predicted octanol–water partition coefficient (Wildman–Crippen LogP) is -0.584. The van der Waals surface area contributed by atoms with Crippen molar-refractivity contribution in [2.45, 2.75) is 120 Å². The highest BCUT2D eigenvalue weighted by Gasteiger charge is 2.47. The summed E-state index contributed by atoms with van der Waals surface area (Å²) in [7, 11) is 0. The molecule has 0 saturated carbocycles. The van der Waals surface area contributed by atoms with Gasteiger partial charge in [-0.15, -0.1) is 0 Å². The van der Waals surface area contributed by atoms with Crippen LogP contribution in [-0.2, 0) is 41.8 Å². The van der Waals surface area contributed by atoms with Crippen LogP contribution in [0.3, 0.4) is 0 Å². The fourth-order valence-corrected chi connectivity index (χ4v) is 5.61. The molecule has 0 spiro atoms.